The highest BCUT2D eigenvalue weighted by Gasteiger charge is 2.53. The molecule has 0 spiro atoms. The molecule has 4 fully saturated rings. The van der Waals surface area contributed by atoms with E-state index in [-0.39, 0.29) is 0 Å². The van der Waals surface area contributed by atoms with Crippen LogP contribution < -0.4 is 0 Å². The van der Waals surface area contributed by atoms with E-state index in [1.54, 1.807) is 0 Å². The van der Waals surface area contributed by atoms with Crippen LogP contribution in [0, 0.1) is 0 Å². The van der Waals surface area contributed by atoms with Crippen molar-refractivity contribution in [3.8, 4) is 0 Å². The molecule has 5 heteroatoms. The molecule has 15 heavy (non-hydrogen) atoms. The summed E-state index contributed by atoms with van der Waals surface area (Å²) in [5.41, 5.74) is 0. The van der Waals surface area contributed by atoms with E-state index in [4.69, 9.17) is 0 Å². The van der Waals surface area contributed by atoms with Crippen molar-refractivity contribution in [3.05, 3.63) is 0 Å². The Hall–Kier alpha value is -0.650. The first-order valence-corrected chi connectivity index (χ1v) is 5.86. The van der Waals surface area contributed by atoms with E-state index in [1.165, 1.54) is 6.54 Å². The van der Waals surface area contributed by atoms with Crippen LogP contribution in [0.3, 0.4) is 0 Å². The fourth-order valence-corrected chi connectivity index (χ4v) is 3.63. The molecule has 1 amide bonds. The van der Waals surface area contributed by atoms with Gasteiger partial charge in [0, 0.05) is 39.3 Å². The van der Waals surface area contributed by atoms with Crippen LogP contribution in [0.5, 0.6) is 0 Å². The first-order valence-electron chi connectivity index (χ1n) is 5.86. The Morgan fingerprint density at radius 2 is 1.40 bits per heavy atom. The van der Waals surface area contributed by atoms with Crippen LogP contribution in [0.25, 0.3) is 0 Å². The van der Waals surface area contributed by atoms with Gasteiger partial charge in [0.25, 0.3) is 0 Å². The molecule has 0 bridgehead atoms. The maximum Gasteiger partial charge on any atom is 0.238 e. The molecule has 0 aliphatic carbocycles. The number of piperazine rings is 2. The summed E-state index contributed by atoms with van der Waals surface area (Å²) in [6.07, 6.45) is 0.862. The molecule has 4 saturated heterocycles. The molecular formula is C10H16N4O. The van der Waals surface area contributed by atoms with Crippen LogP contribution in [0.15, 0.2) is 0 Å². The predicted octanol–water partition coefficient (Wildman–Crippen LogP) is -1.57. The van der Waals surface area contributed by atoms with Gasteiger partial charge in [-0.2, -0.15) is 0 Å². The smallest absolute Gasteiger partial charge is 0.238 e. The second kappa shape index (κ2) is 2.72. The summed E-state index contributed by atoms with van der Waals surface area (Å²) in [5.74, 6) is 0.336. The minimum atomic E-state index is 0.336. The van der Waals surface area contributed by atoms with Crippen LogP contribution in [-0.2, 0) is 4.79 Å². The zero-order valence-electron chi connectivity index (χ0n) is 8.80. The molecular weight excluding hydrogens is 192 g/mol. The van der Waals surface area contributed by atoms with E-state index in [0.29, 0.717) is 24.8 Å². The predicted molar refractivity (Wildman–Crippen MR) is 54.0 cm³/mol. The van der Waals surface area contributed by atoms with Crippen LogP contribution >= 0.6 is 0 Å². The number of carbonyl (C=O) groups is 1. The van der Waals surface area contributed by atoms with Gasteiger partial charge in [0.1, 0.15) is 6.17 Å². The topological polar surface area (TPSA) is 30.0 Å². The summed E-state index contributed by atoms with van der Waals surface area (Å²) in [7, 11) is 0. The van der Waals surface area contributed by atoms with E-state index in [0.717, 1.165) is 32.7 Å². The van der Waals surface area contributed by atoms with E-state index in [1.807, 2.05) is 0 Å². The monoisotopic (exact) mass is 208 g/mol. The van der Waals surface area contributed by atoms with Gasteiger partial charge in [0.15, 0.2) is 0 Å². The standard InChI is InChI=1S/C10H16N4O/c15-8-7-13-4-3-11-1-2-12-5-6-14(8)10(12)9(11)13/h9-10H,1-7H2. The Morgan fingerprint density at radius 3 is 2.20 bits per heavy atom. The van der Waals surface area contributed by atoms with Crippen LogP contribution in [0.4, 0.5) is 0 Å². The number of amides is 1. The molecule has 2 unspecified atom stereocenters. The Morgan fingerprint density at radius 1 is 0.800 bits per heavy atom. The number of hydrogen-bond acceptors (Lipinski definition) is 4. The summed E-state index contributed by atoms with van der Waals surface area (Å²) < 4.78 is 0. The quantitative estimate of drug-likeness (QED) is 0.481. The SMILES string of the molecule is O=C1CN2CCN3CCN4CCN1C4C32. The maximum absolute atomic E-state index is 11.9. The van der Waals surface area contributed by atoms with Crippen molar-refractivity contribution >= 4 is 5.91 Å². The summed E-state index contributed by atoms with van der Waals surface area (Å²) in [6.45, 7) is 7.21. The molecule has 0 aromatic carbocycles. The third-order valence-corrected chi connectivity index (χ3v) is 4.34. The van der Waals surface area contributed by atoms with Crippen molar-refractivity contribution in [1.82, 2.24) is 19.6 Å². The largest absolute Gasteiger partial charge is 0.322 e. The third kappa shape index (κ3) is 0.959. The number of nitrogens with zero attached hydrogens (tertiary/aromatic N) is 4. The molecule has 0 saturated carbocycles. The molecule has 4 rings (SSSR count). The van der Waals surface area contributed by atoms with Crippen molar-refractivity contribution in [2.75, 3.05) is 45.8 Å². The van der Waals surface area contributed by atoms with Crippen LogP contribution in [0.2, 0.25) is 0 Å². The molecule has 2 atom stereocenters. The van der Waals surface area contributed by atoms with Gasteiger partial charge in [-0.1, -0.05) is 0 Å². The molecule has 4 heterocycles. The maximum atomic E-state index is 11.9. The molecule has 0 aromatic heterocycles. The second-order valence-electron chi connectivity index (χ2n) is 4.96. The fourth-order valence-electron chi connectivity index (χ4n) is 3.63. The molecule has 0 aromatic rings. The summed E-state index contributed by atoms with van der Waals surface area (Å²) in [4.78, 5) is 21.4. The average Bonchev–Trinajstić information content (AvgIpc) is 2.79. The van der Waals surface area contributed by atoms with Gasteiger partial charge in [-0.25, -0.2) is 0 Å². The van der Waals surface area contributed by atoms with Gasteiger partial charge < -0.3 is 4.90 Å². The highest BCUT2D eigenvalue weighted by atomic mass is 16.2. The van der Waals surface area contributed by atoms with Crippen LogP contribution in [-0.4, -0.2) is 83.7 Å². The average molecular weight is 208 g/mol. The van der Waals surface area contributed by atoms with Gasteiger partial charge in [0.2, 0.25) is 5.91 Å². The van der Waals surface area contributed by atoms with E-state index < -0.39 is 0 Å². The van der Waals surface area contributed by atoms with Gasteiger partial charge in [-0.3, -0.25) is 19.5 Å². The lowest BCUT2D eigenvalue weighted by Gasteiger charge is -2.49. The fraction of sp³-hybridized carbons (Fsp3) is 0.900. The van der Waals surface area contributed by atoms with Crippen molar-refractivity contribution in [2.45, 2.75) is 12.3 Å². The Kier molecular flexibility index (Phi) is 1.54. The highest BCUT2D eigenvalue weighted by Crippen LogP contribution is 2.33. The van der Waals surface area contributed by atoms with E-state index >= 15 is 0 Å². The Labute approximate surface area is 89.2 Å². The molecule has 0 N–H and O–H groups in total. The third-order valence-electron chi connectivity index (χ3n) is 4.34. The Balaban J connectivity index is 1.76. The van der Waals surface area contributed by atoms with E-state index in [9.17, 15) is 4.79 Å². The van der Waals surface area contributed by atoms with Gasteiger partial charge in [-0.15, -0.1) is 0 Å². The molecule has 5 nitrogen and oxygen atoms in total. The zero-order chi connectivity index (χ0) is 9.99. The minimum absolute atomic E-state index is 0.336. The first-order chi connectivity index (χ1) is 7.34. The minimum Gasteiger partial charge on any atom is -0.322 e. The summed E-state index contributed by atoms with van der Waals surface area (Å²) >= 11 is 0. The van der Waals surface area contributed by atoms with Crippen LogP contribution in [0.1, 0.15) is 0 Å². The summed E-state index contributed by atoms with van der Waals surface area (Å²) in [6, 6.07) is 0. The van der Waals surface area contributed by atoms with Crippen molar-refractivity contribution in [3.63, 3.8) is 0 Å². The number of hydrogen-bond donors (Lipinski definition) is 0. The lowest BCUT2D eigenvalue weighted by atomic mass is 10.1. The molecule has 4 aliphatic heterocycles. The first kappa shape index (κ1) is 8.50. The van der Waals surface area contributed by atoms with Gasteiger partial charge >= 0.3 is 0 Å². The van der Waals surface area contributed by atoms with Gasteiger partial charge in [-0.05, 0) is 0 Å². The van der Waals surface area contributed by atoms with Crippen molar-refractivity contribution in [1.29, 1.82) is 0 Å². The zero-order valence-corrected chi connectivity index (χ0v) is 8.80. The van der Waals surface area contributed by atoms with Crippen molar-refractivity contribution in [2.24, 2.45) is 0 Å². The molecule has 82 valence electrons. The molecule has 0 radical (unpaired) electrons. The van der Waals surface area contributed by atoms with Crippen molar-refractivity contribution < 1.29 is 4.79 Å². The van der Waals surface area contributed by atoms with Gasteiger partial charge in [0.05, 0.1) is 12.7 Å². The number of rotatable bonds is 0. The highest BCUT2D eigenvalue weighted by molar-refractivity contribution is 5.80. The second-order valence-corrected chi connectivity index (χ2v) is 4.96. The lowest BCUT2D eigenvalue weighted by Crippen LogP contribution is -2.68. The summed E-state index contributed by atoms with van der Waals surface area (Å²) in [5, 5.41) is 0. The number of carbonyl (C=O) groups excluding carboxylic acids is 1. The lowest BCUT2D eigenvalue weighted by molar-refractivity contribution is -0.151. The molecule has 4 aliphatic rings. The van der Waals surface area contributed by atoms with E-state index in [2.05, 4.69) is 19.6 Å². The normalized spacial score (nSPS) is 41.3. The Bertz CT molecular complexity index is 321.